The van der Waals surface area contributed by atoms with E-state index in [1.54, 1.807) is 0 Å². The Morgan fingerprint density at radius 1 is 0.684 bits per heavy atom. The SMILES string of the molecule is CN(C)CCO[Si](C)(C)C[Si](C)(C)OCCN(C)C. The monoisotopic (exact) mass is 306 g/mol. The van der Waals surface area contributed by atoms with Crippen molar-refractivity contribution in [3.63, 3.8) is 0 Å². The Bertz CT molecular complexity index is 223. The second-order valence-electron chi connectivity index (χ2n) is 7.00. The quantitative estimate of drug-likeness (QED) is 0.577. The summed E-state index contributed by atoms with van der Waals surface area (Å²) in [4.78, 5) is 4.33. The smallest absolute Gasteiger partial charge is 0.186 e. The Hall–Kier alpha value is 0.274. The first kappa shape index (κ1) is 19.3. The highest BCUT2D eigenvalue weighted by molar-refractivity contribution is 6.89. The van der Waals surface area contributed by atoms with Gasteiger partial charge >= 0.3 is 0 Å². The Morgan fingerprint density at radius 3 is 1.26 bits per heavy atom. The molecule has 0 aromatic rings. The number of likely N-dealkylation sites (N-methyl/N-ethyl adjacent to an activating group) is 2. The van der Waals surface area contributed by atoms with E-state index in [-0.39, 0.29) is 0 Å². The molecule has 0 radical (unpaired) electrons. The average Bonchev–Trinajstić information content (AvgIpc) is 2.12. The van der Waals surface area contributed by atoms with Crippen LogP contribution >= 0.6 is 0 Å². The van der Waals surface area contributed by atoms with Gasteiger partial charge in [-0.05, 0) is 60.0 Å². The summed E-state index contributed by atoms with van der Waals surface area (Å²) in [7, 11) is 5.16. The minimum Gasteiger partial charge on any atom is -0.416 e. The average molecular weight is 307 g/mol. The van der Waals surface area contributed by atoms with Gasteiger partial charge in [0.2, 0.25) is 0 Å². The van der Waals surface area contributed by atoms with E-state index in [9.17, 15) is 0 Å². The molecule has 0 unspecified atom stereocenters. The van der Waals surface area contributed by atoms with Crippen LogP contribution in [0.15, 0.2) is 0 Å². The Kier molecular flexibility index (Phi) is 8.66. The van der Waals surface area contributed by atoms with Gasteiger partial charge in [0.15, 0.2) is 16.6 Å². The summed E-state index contributed by atoms with van der Waals surface area (Å²) in [5, 5.41) is 0. The van der Waals surface area contributed by atoms with Gasteiger partial charge < -0.3 is 18.7 Å². The Balaban J connectivity index is 4.06. The van der Waals surface area contributed by atoms with Crippen molar-refractivity contribution >= 4 is 16.6 Å². The third-order valence-electron chi connectivity index (χ3n) is 2.91. The van der Waals surface area contributed by atoms with Gasteiger partial charge in [0.25, 0.3) is 0 Å². The van der Waals surface area contributed by atoms with Crippen LogP contribution in [0.4, 0.5) is 0 Å². The molecule has 0 N–H and O–H groups in total. The zero-order valence-electron chi connectivity index (χ0n) is 14.2. The van der Waals surface area contributed by atoms with Gasteiger partial charge in [0.1, 0.15) is 0 Å². The van der Waals surface area contributed by atoms with Gasteiger partial charge in [-0.15, -0.1) is 0 Å². The third kappa shape index (κ3) is 11.8. The van der Waals surface area contributed by atoms with Crippen molar-refractivity contribution in [2.45, 2.75) is 31.9 Å². The molecule has 0 spiro atoms. The summed E-state index contributed by atoms with van der Waals surface area (Å²) in [6, 6.07) is 0. The second kappa shape index (κ2) is 8.54. The van der Waals surface area contributed by atoms with Gasteiger partial charge in [-0.2, -0.15) is 0 Å². The third-order valence-corrected chi connectivity index (χ3v) is 11.7. The van der Waals surface area contributed by atoms with Crippen LogP contribution in [0.5, 0.6) is 0 Å². The van der Waals surface area contributed by atoms with Crippen molar-refractivity contribution in [1.82, 2.24) is 9.80 Å². The first-order chi connectivity index (χ1) is 8.54. The van der Waals surface area contributed by atoms with E-state index in [2.05, 4.69) is 64.2 Å². The predicted octanol–water partition coefficient (Wildman–Crippen LogP) is 2.09. The lowest BCUT2D eigenvalue weighted by molar-refractivity contribution is 0.245. The molecule has 0 aliphatic rings. The van der Waals surface area contributed by atoms with Gasteiger partial charge in [0, 0.05) is 26.3 Å². The van der Waals surface area contributed by atoms with Crippen molar-refractivity contribution < 1.29 is 8.85 Å². The topological polar surface area (TPSA) is 24.9 Å². The first-order valence-electron chi connectivity index (χ1n) is 7.11. The van der Waals surface area contributed by atoms with Crippen LogP contribution in [-0.4, -0.2) is 80.9 Å². The molecule has 4 nitrogen and oxygen atoms in total. The highest BCUT2D eigenvalue weighted by atomic mass is 28.4. The molecule has 0 heterocycles. The lowest BCUT2D eigenvalue weighted by Crippen LogP contribution is -2.45. The molecular weight excluding hydrogens is 272 g/mol. The van der Waals surface area contributed by atoms with E-state index in [0.29, 0.717) is 0 Å². The van der Waals surface area contributed by atoms with Crippen LogP contribution in [-0.2, 0) is 8.85 Å². The highest BCUT2D eigenvalue weighted by Gasteiger charge is 2.34. The minimum atomic E-state index is -1.59. The Labute approximate surface area is 122 Å². The Morgan fingerprint density at radius 2 is 1.00 bits per heavy atom. The summed E-state index contributed by atoms with van der Waals surface area (Å²) < 4.78 is 12.3. The maximum atomic E-state index is 6.15. The molecule has 0 aliphatic heterocycles. The molecule has 0 bridgehead atoms. The highest BCUT2D eigenvalue weighted by Crippen LogP contribution is 2.21. The molecule has 0 aromatic carbocycles. The summed E-state index contributed by atoms with van der Waals surface area (Å²) in [6.07, 6.45) is 0. The molecule has 0 atom stereocenters. The number of hydrogen-bond donors (Lipinski definition) is 0. The fourth-order valence-corrected chi connectivity index (χ4v) is 12.4. The maximum Gasteiger partial charge on any atom is 0.186 e. The number of hydrogen-bond acceptors (Lipinski definition) is 4. The van der Waals surface area contributed by atoms with E-state index < -0.39 is 16.6 Å². The largest absolute Gasteiger partial charge is 0.416 e. The van der Waals surface area contributed by atoms with E-state index in [4.69, 9.17) is 8.85 Å². The summed E-state index contributed by atoms with van der Waals surface area (Å²) in [5.41, 5.74) is 1.17. The predicted molar refractivity (Wildman–Crippen MR) is 88.8 cm³/mol. The molecule has 0 rings (SSSR count). The minimum absolute atomic E-state index is 0.842. The molecule has 116 valence electrons. The van der Waals surface area contributed by atoms with E-state index in [1.165, 1.54) is 5.67 Å². The zero-order valence-corrected chi connectivity index (χ0v) is 16.2. The molecule has 0 amide bonds. The van der Waals surface area contributed by atoms with Crippen LogP contribution in [0.25, 0.3) is 0 Å². The standard InChI is InChI=1S/C13H34N2O2Si2/c1-14(2)9-11-16-18(5,6)13-19(7,8)17-12-10-15(3)4/h9-13H2,1-8H3. The lowest BCUT2D eigenvalue weighted by Gasteiger charge is -2.32. The van der Waals surface area contributed by atoms with E-state index in [0.717, 1.165) is 26.3 Å². The first-order valence-corrected chi connectivity index (χ1v) is 13.3. The summed E-state index contributed by atoms with van der Waals surface area (Å²) in [6.45, 7) is 12.9. The zero-order chi connectivity index (χ0) is 15.1. The van der Waals surface area contributed by atoms with Crippen LogP contribution in [0.3, 0.4) is 0 Å². The second-order valence-corrected chi connectivity index (χ2v) is 16.0. The van der Waals surface area contributed by atoms with E-state index in [1.807, 2.05) is 0 Å². The summed E-state index contributed by atoms with van der Waals surface area (Å²) >= 11 is 0. The van der Waals surface area contributed by atoms with Crippen molar-refractivity contribution in [1.29, 1.82) is 0 Å². The molecule has 0 saturated carbocycles. The molecule has 0 saturated heterocycles. The van der Waals surface area contributed by atoms with Crippen molar-refractivity contribution in [2.24, 2.45) is 0 Å². The molecule has 0 fully saturated rings. The number of rotatable bonds is 10. The lowest BCUT2D eigenvalue weighted by atomic mass is 10.6. The molecule has 0 aromatic heterocycles. The molecule has 19 heavy (non-hydrogen) atoms. The van der Waals surface area contributed by atoms with Gasteiger partial charge in [0.05, 0.1) is 0 Å². The fourth-order valence-electron chi connectivity index (χ4n) is 2.14. The van der Waals surface area contributed by atoms with Crippen LogP contribution < -0.4 is 0 Å². The van der Waals surface area contributed by atoms with Crippen molar-refractivity contribution in [3.8, 4) is 0 Å². The van der Waals surface area contributed by atoms with Crippen LogP contribution in [0.2, 0.25) is 31.9 Å². The maximum absolute atomic E-state index is 6.15. The summed E-state index contributed by atoms with van der Waals surface area (Å²) in [5.74, 6) is 0. The normalized spacial score (nSPS) is 13.6. The number of nitrogens with zero attached hydrogens (tertiary/aromatic N) is 2. The van der Waals surface area contributed by atoms with Gasteiger partial charge in [-0.25, -0.2) is 0 Å². The molecular formula is C13H34N2O2Si2. The molecule has 6 heteroatoms. The fraction of sp³-hybridized carbons (Fsp3) is 1.00. The van der Waals surface area contributed by atoms with Crippen molar-refractivity contribution in [2.75, 3.05) is 54.5 Å². The van der Waals surface area contributed by atoms with Crippen LogP contribution in [0, 0.1) is 0 Å². The van der Waals surface area contributed by atoms with Crippen LogP contribution in [0.1, 0.15) is 0 Å². The van der Waals surface area contributed by atoms with Gasteiger partial charge in [-0.1, -0.05) is 0 Å². The van der Waals surface area contributed by atoms with Crippen molar-refractivity contribution in [3.05, 3.63) is 0 Å². The van der Waals surface area contributed by atoms with E-state index >= 15 is 0 Å². The molecule has 0 aliphatic carbocycles. The van der Waals surface area contributed by atoms with Gasteiger partial charge in [-0.3, -0.25) is 0 Å².